The van der Waals surface area contributed by atoms with Crippen LogP contribution in [0.5, 0.6) is 0 Å². The molecule has 3 nitrogen and oxygen atoms in total. The number of nitrogens with zero attached hydrogens (tertiary/aromatic N) is 1. The molecule has 0 aliphatic rings. The Kier molecular flexibility index (Phi) is 4.56. The Labute approximate surface area is 115 Å². The maximum atomic E-state index is 12.7. The molecular weight excluding hydrogens is 362 g/mol. The summed E-state index contributed by atoms with van der Waals surface area (Å²) in [5.41, 5.74) is -1.83. The van der Waals surface area contributed by atoms with Crippen LogP contribution in [-0.2, 0) is 10.9 Å². The van der Waals surface area contributed by atoms with E-state index in [4.69, 9.17) is 5.26 Å². The Morgan fingerprint density at radius 3 is 2.56 bits per heavy atom. The fraction of sp³-hybridized carbons (Fsp3) is 0.273. The quantitative estimate of drug-likeness (QED) is 0.594. The Hall–Kier alpha value is -1.30. The first-order valence-electron chi connectivity index (χ1n) is 4.79. The van der Waals surface area contributed by atoms with E-state index in [2.05, 4.69) is 4.74 Å². The lowest BCUT2D eigenvalue weighted by atomic mass is 10.0. The molecule has 1 aromatic rings. The van der Waals surface area contributed by atoms with Crippen LogP contribution in [0.1, 0.15) is 28.4 Å². The molecule has 0 fully saturated rings. The van der Waals surface area contributed by atoms with Gasteiger partial charge in [-0.3, -0.25) is 0 Å². The number of alkyl halides is 3. The molecule has 1 aromatic carbocycles. The molecule has 0 aliphatic carbocycles. The van der Waals surface area contributed by atoms with Crippen LogP contribution in [0.2, 0.25) is 0 Å². The fourth-order valence-electron chi connectivity index (χ4n) is 1.28. The molecule has 0 aliphatic heterocycles. The van der Waals surface area contributed by atoms with Crippen molar-refractivity contribution in [3.05, 3.63) is 32.4 Å². The standard InChI is InChI=1S/C11H7F3INO2/c1-2-18-10(17)6-3-8(11(12,13)14)7(5-16)9(15)4-6/h3-4H,2H2,1H3. The molecule has 0 amide bonds. The first kappa shape index (κ1) is 14.8. The van der Waals surface area contributed by atoms with Gasteiger partial charge in [0.05, 0.1) is 23.3 Å². The van der Waals surface area contributed by atoms with Crippen LogP contribution >= 0.6 is 22.6 Å². The molecule has 7 heteroatoms. The molecule has 0 N–H and O–H groups in total. The van der Waals surface area contributed by atoms with E-state index in [0.717, 1.165) is 0 Å². The van der Waals surface area contributed by atoms with Crippen LogP contribution < -0.4 is 0 Å². The van der Waals surface area contributed by atoms with Crippen molar-refractivity contribution in [2.24, 2.45) is 0 Å². The van der Waals surface area contributed by atoms with Gasteiger partial charge in [0.1, 0.15) is 6.07 Å². The second kappa shape index (κ2) is 5.56. The van der Waals surface area contributed by atoms with E-state index in [1.165, 1.54) is 12.1 Å². The molecule has 0 spiro atoms. The van der Waals surface area contributed by atoms with Gasteiger partial charge in [0, 0.05) is 3.57 Å². The average molecular weight is 369 g/mol. The third-order valence-corrected chi connectivity index (χ3v) is 2.87. The van der Waals surface area contributed by atoms with Gasteiger partial charge in [-0.25, -0.2) is 4.79 Å². The topological polar surface area (TPSA) is 50.1 Å². The molecule has 0 radical (unpaired) electrons. The Bertz CT molecular complexity index is 520. The lowest BCUT2D eigenvalue weighted by Gasteiger charge is -2.12. The smallest absolute Gasteiger partial charge is 0.417 e. The molecule has 0 saturated carbocycles. The van der Waals surface area contributed by atoms with E-state index in [1.54, 1.807) is 29.5 Å². The fourth-order valence-corrected chi connectivity index (χ4v) is 2.02. The lowest BCUT2D eigenvalue weighted by molar-refractivity contribution is -0.137. The molecule has 0 atom stereocenters. The zero-order valence-corrected chi connectivity index (χ0v) is 11.3. The first-order chi connectivity index (χ1) is 8.31. The zero-order chi connectivity index (χ0) is 13.9. The number of carbonyl (C=O) groups is 1. The predicted molar refractivity (Wildman–Crippen MR) is 64.8 cm³/mol. The highest BCUT2D eigenvalue weighted by molar-refractivity contribution is 14.1. The monoisotopic (exact) mass is 369 g/mol. The van der Waals surface area contributed by atoms with Crippen molar-refractivity contribution in [3.8, 4) is 6.07 Å². The van der Waals surface area contributed by atoms with Crippen molar-refractivity contribution in [2.75, 3.05) is 6.61 Å². The number of hydrogen-bond acceptors (Lipinski definition) is 3. The van der Waals surface area contributed by atoms with E-state index in [-0.39, 0.29) is 15.7 Å². The van der Waals surface area contributed by atoms with E-state index >= 15 is 0 Å². The summed E-state index contributed by atoms with van der Waals surface area (Å²) < 4.78 is 42.9. The van der Waals surface area contributed by atoms with Crippen molar-refractivity contribution in [2.45, 2.75) is 13.1 Å². The largest absolute Gasteiger partial charge is 0.462 e. The summed E-state index contributed by atoms with van der Waals surface area (Å²) in [6.07, 6.45) is -4.69. The van der Waals surface area contributed by atoms with Gasteiger partial charge in [-0.05, 0) is 41.6 Å². The lowest BCUT2D eigenvalue weighted by Crippen LogP contribution is -2.13. The summed E-state index contributed by atoms with van der Waals surface area (Å²) in [7, 11) is 0. The van der Waals surface area contributed by atoms with Crippen LogP contribution in [0.3, 0.4) is 0 Å². The van der Waals surface area contributed by atoms with Gasteiger partial charge >= 0.3 is 12.1 Å². The Morgan fingerprint density at radius 1 is 1.50 bits per heavy atom. The molecule has 0 saturated heterocycles. The zero-order valence-electron chi connectivity index (χ0n) is 9.14. The minimum absolute atomic E-state index is 0.0629. The molecule has 0 aromatic heterocycles. The van der Waals surface area contributed by atoms with Crippen molar-refractivity contribution < 1.29 is 22.7 Å². The number of hydrogen-bond donors (Lipinski definition) is 0. The molecule has 1 rings (SSSR count). The number of halogens is 4. The summed E-state index contributed by atoms with van der Waals surface area (Å²) in [4.78, 5) is 11.4. The number of benzene rings is 1. The van der Waals surface area contributed by atoms with E-state index in [1.807, 2.05) is 0 Å². The van der Waals surface area contributed by atoms with E-state index in [9.17, 15) is 18.0 Å². The van der Waals surface area contributed by atoms with Crippen LogP contribution in [0.4, 0.5) is 13.2 Å². The number of ether oxygens (including phenoxy) is 1. The Morgan fingerprint density at radius 2 is 2.11 bits per heavy atom. The number of rotatable bonds is 2. The third-order valence-electron chi connectivity index (χ3n) is 2.02. The molecule has 96 valence electrons. The van der Waals surface area contributed by atoms with Crippen molar-refractivity contribution in [1.82, 2.24) is 0 Å². The first-order valence-corrected chi connectivity index (χ1v) is 5.87. The second-order valence-corrected chi connectivity index (χ2v) is 4.37. The van der Waals surface area contributed by atoms with Crippen molar-refractivity contribution in [3.63, 3.8) is 0 Å². The second-order valence-electron chi connectivity index (χ2n) is 3.21. The molecule has 0 unspecified atom stereocenters. The summed E-state index contributed by atoms with van der Waals surface area (Å²) >= 11 is 1.58. The average Bonchev–Trinajstić information content (AvgIpc) is 2.27. The maximum Gasteiger partial charge on any atom is 0.417 e. The van der Waals surface area contributed by atoms with Crippen molar-refractivity contribution >= 4 is 28.6 Å². The normalized spacial score (nSPS) is 10.9. The Balaban J connectivity index is 3.41. The van der Waals surface area contributed by atoms with Gasteiger partial charge in [-0.15, -0.1) is 0 Å². The third kappa shape index (κ3) is 3.13. The van der Waals surface area contributed by atoms with Crippen molar-refractivity contribution in [1.29, 1.82) is 5.26 Å². The summed E-state index contributed by atoms with van der Waals surface area (Å²) in [6.45, 7) is 1.62. The molecule has 0 bridgehead atoms. The highest BCUT2D eigenvalue weighted by Crippen LogP contribution is 2.34. The minimum Gasteiger partial charge on any atom is -0.462 e. The summed E-state index contributed by atoms with van der Waals surface area (Å²) in [6, 6.07) is 3.33. The summed E-state index contributed by atoms with van der Waals surface area (Å²) in [5.74, 6) is -0.842. The van der Waals surface area contributed by atoms with Gasteiger partial charge in [0.15, 0.2) is 0 Å². The number of carbonyl (C=O) groups excluding carboxylic acids is 1. The maximum absolute atomic E-state index is 12.7. The van der Waals surface area contributed by atoms with Crippen LogP contribution in [0, 0.1) is 14.9 Å². The van der Waals surface area contributed by atoms with Gasteiger partial charge in [-0.2, -0.15) is 18.4 Å². The number of esters is 1. The predicted octanol–water partition coefficient (Wildman–Crippen LogP) is 3.36. The van der Waals surface area contributed by atoms with E-state index < -0.39 is 23.3 Å². The SMILES string of the molecule is CCOC(=O)c1cc(I)c(C#N)c(C(F)(F)F)c1. The summed E-state index contributed by atoms with van der Waals surface area (Å²) in [5, 5.41) is 8.72. The van der Waals surface area contributed by atoms with Gasteiger partial charge in [0.2, 0.25) is 0 Å². The van der Waals surface area contributed by atoms with Crippen LogP contribution in [-0.4, -0.2) is 12.6 Å². The highest BCUT2D eigenvalue weighted by Gasteiger charge is 2.35. The molecular formula is C11H7F3INO2. The van der Waals surface area contributed by atoms with Gasteiger partial charge in [0.25, 0.3) is 0 Å². The minimum atomic E-state index is -4.69. The van der Waals surface area contributed by atoms with Gasteiger partial charge < -0.3 is 4.74 Å². The molecule has 0 heterocycles. The van der Waals surface area contributed by atoms with E-state index in [0.29, 0.717) is 6.07 Å². The van der Waals surface area contributed by atoms with Crippen LogP contribution in [0.25, 0.3) is 0 Å². The molecule has 18 heavy (non-hydrogen) atoms. The van der Waals surface area contributed by atoms with Crippen LogP contribution in [0.15, 0.2) is 12.1 Å². The highest BCUT2D eigenvalue weighted by atomic mass is 127. The van der Waals surface area contributed by atoms with Gasteiger partial charge in [-0.1, -0.05) is 0 Å². The number of nitriles is 1.